The first-order valence-corrected chi connectivity index (χ1v) is 9.75. The maximum absolute atomic E-state index is 10.2. The molecule has 0 amide bonds. The van der Waals surface area contributed by atoms with Crippen molar-refractivity contribution in [3.63, 3.8) is 0 Å². The SMILES string of the molecule is OCc1nc(-c2c(O)ccc(Cl)c2Cl)cnc1N1CCC2(CCOC2)CC1. The number of aliphatic hydroxyl groups excluding tert-OH is 1. The molecule has 2 aliphatic rings. The topological polar surface area (TPSA) is 78.7 Å². The molecule has 144 valence electrons. The van der Waals surface area contributed by atoms with E-state index in [4.69, 9.17) is 27.9 Å². The lowest BCUT2D eigenvalue weighted by atomic mass is 9.78. The summed E-state index contributed by atoms with van der Waals surface area (Å²) in [5.74, 6) is 0.643. The number of phenolic OH excluding ortho intramolecular Hbond substituents is 1. The molecule has 0 radical (unpaired) electrons. The Balaban J connectivity index is 1.62. The average molecular weight is 410 g/mol. The van der Waals surface area contributed by atoms with Crippen LogP contribution in [0.25, 0.3) is 11.3 Å². The molecule has 2 saturated heterocycles. The maximum atomic E-state index is 10.2. The van der Waals surface area contributed by atoms with Crippen molar-refractivity contribution >= 4 is 29.0 Å². The van der Waals surface area contributed by atoms with Gasteiger partial charge in [-0.15, -0.1) is 0 Å². The number of aromatic nitrogens is 2. The zero-order valence-corrected chi connectivity index (χ0v) is 16.3. The predicted octanol–water partition coefficient (Wildman–Crippen LogP) is 3.66. The van der Waals surface area contributed by atoms with Gasteiger partial charge in [-0.3, -0.25) is 0 Å². The second kappa shape index (κ2) is 7.43. The molecule has 0 unspecified atom stereocenters. The molecule has 6 nitrogen and oxygen atoms in total. The second-order valence-electron chi connectivity index (χ2n) is 7.23. The predicted molar refractivity (Wildman–Crippen MR) is 104 cm³/mol. The molecule has 0 bridgehead atoms. The summed E-state index contributed by atoms with van der Waals surface area (Å²) < 4.78 is 5.59. The van der Waals surface area contributed by atoms with E-state index >= 15 is 0 Å². The van der Waals surface area contributed by atoms with E-state index in [-0.39, 0.29) is 17.4 Å². The third kappa shape index (κ3) is 3.47. The van der Waals surface area contributed by atoms with Crippen LogP contribution in [0.4, 0.5) is 5.82 Å². The first-order chi connectivity index (χ1) is 13.0. The van der Waals surface area contributed by atoms with E-state index in [1.807, 2.05) is 0 Å². The maximum Gasteiger partial charge on any atom is 0.152 e. The summed E-state index contributed by atoms with van der Waals surface area (Å²) in [7, 11) is 0. The summed E-state index contributed by atoms with van der Waals surface area (Å²) in [6, 6.07) is 2.99. The standard InChI is InChI=1S/C19H21Cl2N3O3/c20-12-1-2-15(26)16(17(12)21)13-9-22-18(14(10-25)23-13)24-6-3-19(4-7-24)5-8-27-11-19/h1-2,9,25-26H,3-8,10-11H2. The highest BCUT2D eigenvalue weighted by atomic mass is 35.5. The number of benzene rings is 1. The van der Waals surface area contributed by atoms with Gasteiger partial charge in [0, 0.05) is 19.7 Å². The van der Waals surface area contributed by atoms with Crippen molar-refractivity contribution in [2.24, 2.45) is 5.41 Å². The van der Waals surface area contributed by atoms with Gasteiger partial charge in [0.15, 0.2) is 5.82 Å². The molecule has 3 heterocycles. The Morgan fingerprint density at radius 2 is 1.96 bits per heavy atom. The van der Waals surface area contributed by atoms with E-state index in [0.717, 1.165) is 45.6 Å². The van der Waals surface area contributed by atoms with E-state index in [1.54, 1.807) is 6.20 Å². The minimum absolute atomic E-state index is 0.0310. The number of anilines is 1. The molecule has 2 aliphatic heterocycles. The quantitative estimate of drug-likeness (QED) is 0.804. The lowest BCUT2D eigenvalue weighted by molar-refractivity contribution is 0.133. The molecule has 2 N–H and O–H groups in total. The molecule has 2 aromatic rings. The van der Waals surface area contributed by atoms with E-state index in [1.165, 1.54) is 12.1 Å². The van der Waals surface area contributed by atoms with Crippen molar-refractivity contribution in [1.29, 1.82) is 0 Å². The number of piperidine rings is 1. The summed E-state index contributed by atoms with van der Waals surface area (Å²) in [6.07, 6.45) is 4.77. The average Bonchev–Trinajstić information content (AvgIpc) is 3.14. The van der Waals surface area contributed by atoms with Crippen LogP contribution in [0.2, 0.25) is 10.0 Å². The highest BCUT2D eigenvalue weighted by molar-refractivity contribution is 6.44. The van der Waals surface area contributed by atoms with Gasteiger partial charge in [-0.25, -0.2) is 9.97 Å². The van der Waals surface area contributed by atoms with E-state index < -0.39 is 0 Å². The first kappa shape index (κ1) is 18.7. The Hall–Kier alpha value is -1.60. The van der Waals surface area contributed by atoms with Gasteiger partial charge in [0.25, 0.3) is 0 Å². The van der Waals surface area contributed by atoms with Crippen LogP contribution in [-0.2, 0) is 11.3 Å². The second-order valence-corrected chi connectivity index (χ2v) is 8.01. The number of hydrogen-bond donors (Lipinski definition) is 2. The number of rotatable bonds is 3. The normalized spacial score (nSPS) is 19.0. The highest BCUT2D eigenvalue weighted by Crippen LogP contribution is 2.42. The molecule has 2 fully saturated rings. The minimum atomic E-state index is -0.250. The molecular weight excluding hydrogens is 389 g/mol. The summed E-state index contributed by atoms with van der Waals surface area (Å²) in [6.45, 7) is 3.14. The molecule has 4 rings (SSSR count). The largest absolute Gasteiger partial charge is 0.507 e. The monoisotopic (exact) mass is 409 g/mol. The smallest absolute Gasteiger partial charge is 0.152 e. The van der Waals surface area contributed by atoms with Gasteiger partial charge < -0.3 is 19.8 Å². The number of phenols is 1. The minimum Gasteiger partial charge on any atom is -0.507 e. The van der Waals surface area contributed by atoms with E-state index in [9.17, 15) is 10.2 Å². The van der Waals surface area contributed by atoms with Gasteiger partial charge in [-0.1, -0.05) is 23.2 Å². The van der Waals surface area contributed by atoms with Crippen molar-refractivity contribution in [2.45, 2.75) is 25.9 Å². The van der Waals surface area contributed by atoms with Gasteiger partial charge in [-0.05, 0) is 36.8 Å². The number of halogens is 2. The number of aromatic hydroxyl groups is 1. The fourth-order valence-electron chi connectivity index (χ4n) is 3.93. The van der Waals surface area contributed by atoms with E-state index in [2.05, 4.69) is 14.9 Å². The van der Waals surface area contributed by atoms with Gasteiger partial charge in [0.05, 0.1) is 40.7 Å². The highest BCUT2D eigenvalue weighted by Gasteiger charge is 2.38. The van der Waals surface area contributed by atoms with Crippen LogP contribution in [0.3, 0.4) is 0 Å². The molecule has 8 heteroatoms. The Bertz CT molecular complexity index is 846. The molecule has 0 aliphatic carbocycles. The Morgan fingerprint density at radius 3 is 2.63 bits per heavy atom. The number of aliphatic hydroxyl groups is 1. The van der Waals surface area contributed by atoms with Crippen molar-refractivity contribution in [3.05, 3.63) is 34.1 Å². The molecule has 27 heavy (non-hydrogen) atoms. The van der Waals surface area contributed by atoms with Crippen molar-refractivity contribution < 1.29 is 14.9 Å². The molecule has 1 spiro atoms. The van der Waals surface area contributed by atoms with Gasteiger partial charge >= 0.3 is 0 Å². The van der Waals surface area contributed by atoms with Crippen molar-refractivity contribution in [1.82, 2.24) is 9.97 Å². The Kier molecular flexibility index (Phi) is 5.16. The van der Waals surface area contributed by atoms with Crippen LogP contribution >= 0.6 is 23.2 Å². The van der Waals surface area contributed by atoms with Gasteiger partial charge in [0.1, 0.15) is 11.4 Å². The third-order valence-electron chi connectivity index (χ3n) is 5.61. The van der Waals surface area contributed by atoms with Crippen LogP contribution in [0, 0.1) is 5.41 Å². The number of nitrogens with zero attached hydrogens (tertiary/aromatic N) is 3. The van der Waals surface area contributed by atoms with Gasteiger partial charge in [0.2, 0.25) is 0 Å². The lowest BCUT2D eigenvalue weighted by Gasteiger charge is -2.39. The molecule has 0 saturated carbocycles. The van der Waals surface area contributed by atoms with E-state index in [0.29, 0.717) is 33.2 Å². The molecule has 1 aromatic carbocycles. The fourth-order valence-corrected chi connectivity index (χ4v) is 4.35. The van der Waals surface area contributed by atoms with Crippen molar-refractivity contribution in [2.75, 3.05) is 31.2 Å². The van der Waals surface area contributed by atoms with Crippen LogP contribution in [0.5, 0.6) is 5.75 Å². The fraction of sp³-hybridized carbons (Fsp3) is 0.474. The molecule has 0 atom stereocenters. The third-order valence-corrected chi connectivity index (χ3v) is 6.41. The first-order valence-electron chi connectivity index (χ1n) is 9.00. The summed E-state index contributed by atoms with van der Waals surface area (Å²) >= 11 is 12.3. The Morgan fingerprint density at radius 1 is 1.19 bits per heavy atom. The summed E-state index contributed by atoms with van der Waals surface area (Å²) in [5.41, 5.74) is 1.45. The van der Waals surface area contributed by atoms with Crippen LogP contribution < -0.4 is 4.90 Å². The van der Waals surface area contributed by atoms with Crippen LogP contribution in [0.1, 0.15) is 25.0 Å². The summed E-state index contributed by atoms with van der Waals surface area (Å²) in [4.78, 5) is 11.2. The zero-order chi connectivity index (χ0) is 19.0. The van der Waals surface area contributed by atoms with Crippen molar-refractivity contribution in [3.8, 4) is 17.0 Å². The van der Waals surface area contributed by atoms with Gasteiger partial charge in [-0.2, -0.15) is 0 Å². The molecule has 1 aromatic heterocycles. The number of hydrogen-bond acceptors (Lipinski definition) is 6. The zero-order valence-electron chi connectivity index (χ0n) is 14.8. The number of ether oxygens (including phenoxy) is 1. The van der Waals surface area contributed by atoms with Crippen LogP contribution in [-0.4, -0.2) is 46.5 Å². The lowest BCUT2D eigenvalue weighted by Crippen LogP contribution is -2.41. The van der Waals surface area contributed by atoms with Crippen LogP contribution in [0.15, 0.2) is 18.3 Å². The molecular formula is C19H21Cl2N3O3. The Labute approximate surface area is 167 Å². The summed E-state index contributed by atoms with van der Waals surface area (Å²) in [5, 5.41) is 20.6.